The number of rotatable bonds is 17. The molecule has 31 heavy (non-hydrogen) atoms. The molecule has 178 valence electrons. The van der Waals surface area contributed by atoms with Gasteiger partial charge >= 0.3 is 5.97 Å². The first-order valence-corrected chi connectivity index (χ1v) is 13.0. The van der Waals surface area contributed by atoms with Crippen LogP contribution in [0.5, 0.6) is 0 Å². The lowest BCUT2D eigenvalue weighted by Gasteiger charge is -2.13. The zero-order chi connectivity index (χ0) is 23.1. The van der Waals surface area contributed by atoms with Crippen LogP contribution in [-0.4, -0.2) is 41.1 Å². The second-order valence-corrected chi connectivity index (χ2v) is 9.63. The molecule has 8 nitrogen and oxygen atoms in total. The number of carbonyl (C=O) groups excluding carboxylic acids is 3. The smallest absolute Gasteiger partial charge is 0.330 e. The summed E-state index contributed by atoms with van der Waals surface area (Å²) in [7, 11) is -4.71. The first kappa shape index (κ1) is 27.3. The number of hydrogen-bond acceptors (Lipinski definition) is 6. The topological polar surface area (TPSA) is 118 Å². The molecule has 0 aromatic rings. The van der Waals surface area contributed by atoms with Crippen molar-refractivity contribution >= 4 is 27.9 Å². The predicted molar refractivity (Wildman–Crippen MR) is 117 cm³/mol. The van der Waals surface area contributed by atoms with Gasteiger partial charge in [0.15, 0.2) is 5.25 Å². The van der Waals surface area contributed by atoms with Crippen LogP contribution in [0.2, 0.25) is 0 Å². The Kier molecular flexibility index (Phi) is 13.3. The van der Waals surface area contributed by atoms with Crippen LogP contribution in [0, 0.1) is 0 Å². The van der Waals surface area contributed by atoms with Crippen molar-refractivity contribution in [2.75, 3.05) is 0 Å². The van der Waals surface area contributed by atoms with Crippen molar-refractivity contribution in [1.82, 2.24) is 5.06 Å². The third-order valence-corrected chi connectivity index (χ3v) is 6.34. The fourth-order valence-electron chi connectivity index (χ4n) is 3.40. The van der Waals surface area contributed by atoms with Gasteiger partial charge in [-0.1, -0.05) is 70.4 Å². The van der Waals surface area contributed by atoms with Gasteiger partial charge in [-0.25, -0.2) is 4.79 Å². The molecule has 0 aliphatic carbocycles. The first-order chi connectivity index (χ1) is 14.8. The first-order valence-electron chi connectivity index (χ1n) is 11.5. The lowest BCUT2D eigenvalue weighted by molar-refractivity contribution is -0.197. The maximum atomic E-state index is 11.8. The number of imide groups is 1. The molecule has 1 N–H and O–H groups in total. The summed E-state index contributed by atoms with van der Waals surface area (Å²) in [5, 5.41) is -1.74. The Morgan fingerprint density at radius 3 is 2.00 bits per heavy atom. The number of unbranched alkanes of at least 4 members (excludes halogenated alkanes) is 11. The quantitative estimate of drug-likeness (QED) is 0.147. The number of nitrogens with zero attached hydrogens (tertiary/aromatic N) is 1. The zero-order valence-electron chi connectivity index (χ0n) is 18.6. The van der Waals surface area contributed by atoms with Crippen LogP contribution in [0.1, 0.15) is 103 Å². The molecule has 1 heterocycles. The highest BCUT2D eigenvalue weighted by Crippen LogP contribution is 2.20. The van der Waals surface area contributed by atoms with Gasteiger partial charge in [-0.15, -0.1) is 5.06 Å². The lowest BCUT2D eigenvalue weighted by atomic mass is 10.1. The molecule has 1 saturated heterocycles. The van der Waals surface area contributed by atoms with Crippen molar-refractivity contribution in [3.63, 3.8) is 0 Å². The van der Waals surface area contributed by atoms with Crippen LogP contribution in [0.3, 0.4) is 0 Å². The van der Waals surface area contributed by atoms with E-state index in [9.17, 15) is 22.8 Å². The largest absolute Gasteiger partial charge is 0.333 e. The molecular weight excluding hydrogens is 422 g/mol. The van der Waals surface area contributed by atoms with E-state index < -0.39 is 39.6 Å². The monoisotopic (exact) mass is 459 g/mol. The SMILES string of the molecule is CCCCCCCC/C=C/CCCCCCCC(=O)ON1C(=O)C[C@@H](S(=O)(=O)O)C1=O. The molecule has 0 aromatic heterocycles. The molecule has 1 aliphatic rings. The van der Waals surface area contributed by atoms with Gasteiger partial charge in [-0.3, -0.25) is 14.1 Å². The van der Waals surface area contributed by atoms with Crippen molar-refractivity contribution in [3.05, 3.63) is 12.2 Å². The molecule has 0 bridgehead atoms. The summed E-state index contributed by atoms with van der Waals surface area (Å²) < 4.78 is 31.1. The molecule has 0 radical (unpaired) electrons. The predicted octanol–water partition coefficient (Wildman–Crippen LogP) is 4.50. The van der Waals surface area contributed by atoms with E-state index in [2.05, 4.69) is 19.1 Å². The van der Waals surface area contributed by atoms with Gasteiger partial charge in [0.2, 0.25) is 0 Å². The second-order valence-electron chi connectivity index (χ2n) is 8.03. The van der Waals surface area contributed by atoms with Crippen LogP contribution in [0.25, 0.3) is 0 Å². The average molecular weight is 460 g/mol. The Morgan fingerprint density at radius 2 is 1.48 bits per heavy atom. The van der Waals surface area contributed by atoms with Crippen LogP contribution in [-0.2, 0) is 29.3 Å². The maximum Gasteiger partial charge on any atom is 0.333 e. The minimum absolute atomic E-state index is 0.0335. The Morgan fingerprint density at radius 1 is 0.968 bits per heavy atom. The number of carbonyl (C=O) groups is 3. The zero-order valence-corrected chi connectivity index (χ0v) is 19.4. The Hall–Kier alpha value is -1.74. The molecule has 2 amide bonds. The highest BCUT2D eigenvalue weighted by Gasteiger charge is 2.48. The Labute approximate surface area is 186 Å². The van der Waals surface area contributed by atoms with Crippen LogP contribution in [0.4, 0.5) is 0 Å². The molecule has 0 unspecified atom stereocenters. The van der Waals surface area contributed by atoms with Gasteiger partial charge in [0, 0.05) is 6.42 Å². The van der Waals surface area contributed by atoms with Gasteiger partial charge in [0.1, 0.15) is 0 Å². The summed E-state index contributed by atoms with van der Waals surface area (Å²) in [6.45, 7) is 2.23. The summed E-state index contributed by atoms with van der Waals surface area (Å²) >= 11 is 0. The van der Waals surface area contributed by atoms with E-state index in [1.807, 2.05) is 0 Å². The third kappa shape index (κ3) is 11.4. The van der Waals surface area contributed by atoms with E-state index in [-0.39, 0.29) is 11.5 Å². The van der Waals surface area contributed by atoms with Crippen LogP contribution < -0.4 is 0 Å². The Bertz CT molecular complexity index is 703. The number of hydroxylamine groups is 2. The molecule has 9 heteroatoms. The van der Waals surface area contributed by atoms with E-state index in [0.717, 1.165) is 38.5 Å². The normalized spacial score (nSPS) is 17.1. The van der Waals surface area contributed by atoms with Gasteiger partial charge < -0.3 is 4.84 Å². The van der Waals surface area contributed by atoms with Crippen molar-refractivity contribution in [2.24, 2.45) is 0 Å². The van der Waals surface area contributed by atoms with E-state index in [0.29, 0.717) is 6.42 Å². The fraction of sp³-hybridized carbons (Fsp3) is 0.773. The van der Waals surface area contributed by atoms with E-state index in [1.165, 1.54) is 38.5 Å². The molecule has 0 spiro atoms. The standard InChI is InChI=1S/C22H37NO7S/c1-2-3-4-5-6-7-8-9-10-11-12-13-14-15-16-17-21(25)30-23-20(24)18-19(22(23)26)31(27,28)29/h9-10,19H,2-8,11-18H2,1H3,(H,27,28,29)/b10-9+/t19-/m1/s1. The van der Waals surface area contributed by atoms with Crippen LogP contribution in [0.15, 0.2) is 12.2 Å². The summed E-state index contributed by atoms with van der Waals surface area (Å²) in [5.41, 5.74) is 0. The van der Waals surface area contributed by atoms with Gasteiger partial charge in [-0.05, 0) is 32.1 Å². The summed E-state index contributed by atoms with van der Waals surface area (Å²) in [4.78, 5) is 39.9. The molecule has 0 saturated carbocycles. The average Bonchev–Trinajstić information content (AvgIpc) is 2.99. The Balaban J connectivity index is 2.02. The van der Waals surface area contributed by atoms with Crippen molar-refractivity contribution in [1.29, 1.82) is 0 Å². The van der Waals surface area contributed by atoms with Crippen molar-refractivity contribution in [2.45, 2.75) is 108 Å². The molecule has 1 atom stereocenters. The van der Waals surface area contributed by atoms with Gasteiger partial charge in [-0.2, -0.15) is 8.42 Å². The molecule has 0 aromatic carbocycles. The molecule has 1 fully saturated rings. The second kappa shape index (κ2) is 15.1. The lowest BCUT2D eigenvalue weighted by Crippen LogP contribution is -2.36. The number of hydrogen-bond donors (Lipinski definition) is 1. The summed E-state index contributed by atoms with van der Waals surface area (Å²) in [5.74, 6) is -2.95. The van der Waals surface area contributed by atoms with Gasteiger partial charge in [0.05, 0.1) is 6.42 Å². The van der Waals surface area contributed by atoms with E-state index in [4.69, 9.17) is 9.39 Å². The van der Waals surface area contributed by atoms with Gasteiger partial charge in [0.25, 0.3) is 21.9 Å². The molecular formula is C22H37NO7S. The minimum atomic E-state index is -4.71. The van der Waals surface area contributed by atoms with E-state index in [1.54, 1.807) is 0 Å². The number of allylic oxidation sites excluding steroid dienone is 2. The minimum Gasteiger partial charge on any atom is -0.330 e. The van der Waals surface area contributed by atoms with E-state index >= 15 is 0 Å². The summed E-state index contributed by atoms with van der Waals surface area (Å²) in [6.07, 6.45) is 18.5. The molecule has 1 rings (SSSR count). The highest BCUT2D eigenvalue weighted by molar-refractivity contribution is 7.87. The molecule has 1 aliphatic heterocycles. The highest BCUT2D eigenvalue weighted by atomic mass is 32.2. The summed E-state index contributed by atoms with van der Waals surface area (Å²) in [6, 6.07) is 0. The van der Waals surface area contributed by atoms with Crippen molar-refractivity contribution in [3.8, 4) is 0 Å². The van der Waals surface area contributed by atoms with Crippen molar-refractivity contribution < 1.29 is 32.2 Å². The number of amides is 2. The fourth-order valence-corrected chi connectivity index (χ4v) is 4.10. The van der Waals surface area contributed by atoms with Crippen LogP contribution >= 0.6 is 0 Å². The maximum absolute atomic E-state index is 11.8. The third-order valence-electron chi connectivity index (χ3n) is 5.26.